The molecule has 6 nitrogen and oxygen atoms in total. The molecule has 2 aromatic carbocycles. The van der Waals surface area contributed by atoms with Crippen LogP contribution in [-0.2, 0) is 23.5 Å². The Kier molecular flexibility index (Phi) is 6.50. The number of aromatic nitrogens is 1. The van der Waals surface area contributed by atoms with Crippen molar-refractivity contribution in [2.45, 2.75) is 13.3 Å². The maximum absolute atomic E-state index is 14.2. The smallest absolute Gasteiger partial charge is 0.256 e. The van der Waals surface area contributed by atoms with E-state index in [1.807, 2.05) is 6.92 Å². The van der Waals surface area contributed by atoms with Gasteiger partial charge in [-0.3, -0.25) is 9.10 Å². The minimum absolute atomic E-state index is 0.161. The molecule has 168 valence electrons. The van der Waals surface area contributed by atoms with Gasteiger partial charge in [-0.05, 0) is 42.8 Å². The van der Waals surface area contributed by atoms with Crippen LogP contribution in [0.2, 0.25) is 0 Å². The molecule has 3 rings (SSSR count). The number of halogens is 2. The third kappa shape index (κ3) is 4.57. The maximum atomic E-state index is 14.2. The highest BCUT2D eigenvalue weighted by Gasteiger charge is 2.19. The molecule has 0 saturated carbocycles. The number of benzene rings is 2. The maximum Gasteiger partial charge on any atom is 0.256 e. The lowest BCUT2D eigenvalue weighted by molar-refractivity contribution is 0.439. The Morgan fingerprint density at radius 3 is 2.44 bits per heavy atom. The van der Waals surface area contributed by atoms with Crippen molar-refractivity contribution in [3.63, 3.8) is 0 Å². The molecule has 0 atom stereocenters. The van der Waals surface area contributed by atoms with Crippen molar-refractivity contribution >= 4 is 15.7 Å². The van der Waals surface area contributed by atoms with E-state index in [1.54, 1.807) is 25.4 Å². The van der Waals surface area contributed by atoms with Crippen LogP contribution in [0.4, 0.5) is 14.5 Å². The number of aryl methyl sites for hydroxylation is 2. The molecule has 0 saturated heterocycles. The molecular weight excluding hydrogens is 438 g/mol. The molecule has 1 aromatic heterocycles. The number of anilines is 1. The van der Waals surface area contributed by atoms with Crippen molar-refractivity contribution in [3.8, 4) is 22.6 Å². The molecule has 9 heteroatoms. The first-order valence-electron chi connectivity index (χ1n) is 9.65. The van der Waals surface area contributed by atoms with E-state index in [-0.39, 0.29) is 17.1 Å². The molecule has 3 aromatic rings. The van der Waals surface area contributed by atoms with Crippen LogP contribution < -0.4 is 14.6 Å². The summed E-state index contributed by atoms with van der Waals surface area (Å²) in [5.41, 5.74) is 1.67. The number of rotatable bonds is 7. The lowest BCUT2D eigenvalue weighted by Crippen LogP contribution is -2.24. The van der Waals surface area contributed by atoms with Crippen molar-refractivity contribution in [1.82, 2.24) is 4.57 Å². The van der Waals surface area contributed by atoms with E-state index in [4.69, 9.17) is 4.74 Å². The quantitative estimate of drug-likeness (QED) is 0.517. The number of hydrogen-bond acceptors (Lipinski definition) is 4. The number of sulfonamides is 1. The van der Waals surface area contributed by atoms with Gasteiger partial charge in [0.2, 0.25) is 0 Å². The number of hydrogen-bond donors (Lipinski definition) is 0. The van der Waals surface area contributed by atoms with Gasteiger partial charge in [0.25, 0.3) is 15.6 Å². The first-order chi connectivity index (χ1) is 15.1. The van der Waals surface area contributed by atoms with Crippen LogP contribution in [0.5, 0.6) is 11.5 Å². The zero-order valence-electron chi connectivity index (χ0n) is 17.8. The van der Waals surface area contributed by atoms with E-state index < -0.39 is 21.7 Å². The van der Waals surface area contributed by atoms with Gasteiger partial charge in [0.15, 0.2) is 11.6 Å². The highest BCUT2D eigenvalue weighted by molar-refractivity contribution is 7.95. The Balaban J connectivity index is 2.22. The van der Waals surface area contributed by atoms with Gasteiger partial charge in [0, 0.05) is 48.5 Å². The van der Waals surface area contributed by atoms with Crippen molar-refractivity contribution in [1.29, 1.82) is 0 Å². The van der Waals surface area contributed by atoms with Crippen LogP contribution in [0.15, 0.2) is 65.4 Å². The largest absolute Gasteiger partial charge is 0.454 e. The van der Waals surface area contributed by atoms with Crippen molar-refractivity contribution < 1.29 is 21.9 Å². The molecule has 32 heavy (non-hydrogen) atoms. The van der Waals surface area contributed by atoms with Gasteiger partial charge in [-0.25, -0.2) is 17.2 Å². The minimum Gasteiger partial charge on any atom is -0.454 e. The van der Waals surface area contributed by atoms with Gasteiger partial charge in [0.1, 0.15) is 11.6 Å². The van der Waals surface area contributed by atoms with Crippen LogP contribution >= 0.6 is 0 Å². The van der Waals surface area contributed by atoms with E-state index in [2.05, 4.69) is 6.58 Å². The van der Waals surface area contributed by atoms with Gasteiger partial charge in [-0.1, -0.05) is 13.5 Å². The van der Waals surface area contributed by atoms with Crippen LogP contribution in [0.1, 0.15) is 12.5 Å². The van der Waals surface area contributed by atoms with Gasteiger partial charge >= 0.3 is 0 Å². The molecule has 0 amide bonds. The van der Waals surface area contributed by atoms with Gasteiger partial charge in [-0.2, -0.15) is 0 Å². The van der Waals surface area contributed by atoms with E-state index in [1.165, 1.54) is 23.7 Å². The molecule has 0 aliphatic carbocycles. The molecular formula is C23H22F2N2O4S. The first kappa shape index (κ1) is 23.2. The van der Waals surface area contributed by atoms with Crippen molar-refractivity contribution in [3.05, 3.63) is 88.2 Å². The number of ether oxygens (including phenoxy) is 1. The molecule has 0 N–H and O–H groups in total. The second-order valence-electron chi connectivity index (χ2n) is 7.06. The molecule has 0 aliphatic rings. The second-order valence-corrected chi connectivity index (χ2v) is 8.97. The average molecular weight is 461 g/mol. The fourth-order valence-electron chi connectivity index (χ4n) is 3.14. The highest BCUT2D eigenvalue weighted by Crippen LogP contribution is 2.37. The number of nitrogens with zero attached hydrogens (tertiary/aromatic N) is 2. The average Bonchev–Trinajstić information content (AvgIpc) is 2.77. The molecule has 0 spiro atoms. The SMILES string of the molecule is C=CS(=O)(=O)N(C)c1ccc(Oc2ccc(F)cc2F)c(-c2cc(CC)c(=O)n(C)c2)c1. The Morgan fingerprint density at radius 2 is 1.81 bits per heavy atom. The first-order valence-corrected chi connectivity index (χ1v) is 11.2. The standard InChI is InChI=1S/C23H22F2N2O4S/c1-5-15-11-16(14-26(3)23(15)28)19-13-18(27(4)32(29,30)6-2)8-10-21(19)31-22-9-7-17(24)12-20(22)25/h6-14H,2,5H2,1,3-4H3. The number of pyridine rings is 1. The Bertz CT molecular complexity index is 1350. The lowest BCUT2D eigenvalue weighted by Gasteiger charge is -2.20. The van der Waals surface area contributed by atoms with E-state index in [0.717, 1.165) is 21.8 Å². The normalized spacial score (nSPS) is 11.3. The molecule has 0 bridgehead atoms. The fraction of sp³-hybridized carbons (Fsp3) is 0.174. The Labute approximate surface area is 185 Å². The molecule has 0 aliphatic heterocycles. The van der Waals surface area contributed by atoms with Crippen LogP contribution in [-0.4, -0.2) is 20.0 Å². The summed E-state index contributed by atoms with van der Waals surface area (Å²) in [5, 5.41) is 0.826. The van der Waals surface area contributed by atoms with Crippen LogP contribution in [0.3, 0.4) is 0 Å². The summed E-state index contributed by atoms with van der Waals surface area (Å²) in [6.07, 6.45) is 2.06. The zero-order valence-corrected chi connectivity index (χ0v) is 18.6. The molecule has 0 radical (unpaired) electrons. The topological polar surface area (TPSA) is 68.6 Å². The minimum atomic E-state index is -3.76. The van der Waals surface area contributed by atoms with E-state index in [9.17, 15) is 22.0 Å². The van der Waals surface area contributed by atoms with Gasteiger partial charge in [0.05, 0.1) is 5.69 Å². The summed E-state index contributed by atoms with van der Waals surface area (Å²) >= 11 is 0. The third-order valence-electron chi connectivity index (χ3n) is 4.98. The van der Waals surface area contributed by atoms with Crippen LogP contribution in [0.25, 0.3) is 11.1 Å². The van der Waals surface area contributed by atoms with Gasteiger partial charge < -0.3 is 9.30 Å². The Morgan fingerprint density at radius 1 is 1.12 bits per heavy atom. The second kappa shape index (κ2) is 8.96. The predicted octanol–water partition coefficient (Wildman–Crippen LogP) is 4.59. The van der Waals surface area contributed by atoms with Crippen molar-refractivity contribution in [2.75, 3.05) is 11.4 Å². The van der Waals surface area contributed by atoms with E-state index >= 15 is 0 Å². The van der Waals surface area contributed by atoms with Crippen molar-refractivity contribution in [2.24, 2.45) is 7.05 Å². The Hall–Kier alpha value is -3.46. The lowest BCUT2D eigenvalue weighted by atomic mass is 10.0. The summed E-state index contributed by atoms with van der Waals surface area (Å²) < 4.78 is 60.2. The van der Waals surface area contributed by atoms with Gasteiger partial charge in [-0.15, -0.1) is 0 Å². The summed E-state index contributed by atoms with van der Waals surface area (Å²) in [6, 6.07) is 9.14. The molecule has 0 unspecified atom stereocenters. The highest BCUT2D eigenvalue weighted by atomic mass is 32.2. The summed E-state index contributed by atoms with van der Waals surface area (Å²) in [6.45, 7) is 5.17. The summed E-state index contributed by atoms with van der Waals surface area (Å²) in [7, 11) is -0.792. The monoisotopic (exact) mass is 460 g/mol. The zero-order chi connectivity index (χ0) is 23.6. The molecule has 1 heterocycles. The summed E-state index contributed by atoms with van der Waals surface area (Å²) in [5.74, 6) is -1.63. The fourth-order valence-corrected chi connectivity index (χ4v) is 3.78. The third-order valence-corrected chi connectivity index (χ3v) is 6.38. The van der Waals surface area contributed by atoms with E-state index in [0.29, 0.717) is 34.9 Å². The van der Waals surface area contributed by atoms with Crippen LogP contribution in [0, 0.1) is 11.6 Å². The molecule has 0 fully saturated rings. The summed E-state index contributed by atoms with van der Waals surface area (Å²) in [4.78, 5) is 12.3. The predicted molar refractivity (Wildman–Crippen MR) is 120 cm³/mol.